The average Bonchev–Trinajstić information content (AvgIpc) is 2.19. The molecule has 0 heterocycles. The van der Waals surface area contributed by atoms with Crippen molar-refractivity contribution in [3.8, 4) is 6.07 Å². The molecule has 3 nitrogen and oxygen atoms in total. The van der Waals surface area contributed by atoms with Gasteiger partial charge >= 0.3 is 0 Å². The van der Waals surface area contributed by atoms with Gasteiger partial charge in [0.2, 0.25) is 0 Å². The number of hydrogen-bond donors (Lipinski definition) is 2. The predicted molar refractivity (Wildman–Crippen MR) is 65.0 cm³/mol. The lowest BCUT2D eigenvalue weighted by atomic mass is 10.1. The molecular weight excluding hydrogens is 230 g/mol. The topological polar surface area (TPSA) is 75.8 Å². The highest BCUT2D eigenvalue weighted by Crippen LogP contribution is 2.16. The molecule has 0 aliphatic carbocycles. The summed E-state index contributed by atoms with van der Waals surface area (Å²) < 4.78 is 0. The first-order valence-electron chi connectivity index (χ1n) is 4.02. The van der Waals surface area contributed by atoms with Gasteiger partial charge in [-0.15, -0.1) is 0 Å². The number of nitrogens with zero attached hydrogens (tertiary/aromatic N) is 1. The minimum Gasteiger partial charge on any atom is -0.397 e. The fourth-order valence-electron chi connectivity index (χ4n) is 1.02. The summed E-state index contributed by atoms with van der Waals surface area (Å²) in [7, 11) is 0. The fourth-order valence-corrected chi connectivity index (χ4v) is 1.30. The Balaban J connectivity index is 3.24. The van der Waals surface area contributed by atoms with Crippen molar-refractivity contribution in [2.24, 2.45) is 11.5 Å². The number of thiocarbonyl (C=S) groups is 1. The molecule has 0 fully saturated rings. The van der Waals surface area contributed by atoms with Gasteiger partial charge in [-0.25, -0.2) is 0 Å². The highest BCUT2D eigenvalue weighted by Gasteiger charge is 2.07. The van der Waals surface area contributed by atoms with Crippen molar-refractivity contribution >= 4 is 34.5 Å². The molecule has 0 bridgehead atoms. The van der Waals surface area contributed by atoms with Gasteiger partial charge in [0.25, 0.3) is 0 Å². The molecule has 5 heteroatoms. The largest absolute Gasteiger partial charge is 0.397 e. The van der Waals surface area contributed by atoms with Gasteiger partial charge < -0.3 is 11.5 Å². The Morgan fingerprint density at radius 1 is 1.27 bits per heavy atom. The van der Waals surface area contributed by atoms with Crippen LogP contribution < -0.4 is 11.5 Å². The Kier molecular flexibility index (Phi) is 3.67. The van der Waals surface area contributed by atoms with E-state index in [1.807, 2.05) is 6.07 Å². The summed E-state index contributed by atoms with van der Waals surface area (Å²) in [6.45, 7) is 0. The second-order valence-corrected chi connectivity index (χ2v) is 3.65. The molecule has 0 radical (unpaired) electrons. The molecule has 15 heavy (non-hydrogen) atoms. The molecule has 1 aromatic carbocycles. The molecule has 0 aliphatic rings. The first-order valence-corrected chi connectivity index (χ1v) is 4.80. The first-order chi connectivity index (χ1) is 7.06. The molecule has 1 aromatic rings. The molecule has 1 rings (SSSR count). The van der Waals surface area contributed by atoms with E-state index in [9.17, 15) is 0 Å². The maximum absolute atomic E-state index is 8.80. The highest BCUT2D eigenvalue weighted by atomic mass is 35.5. The van der Waals surface area contributed by atoms with Crippen LogP contribution >= 0.6 is 23.8 Å². The van der Waals surface area contributed by atoms with Crippen LogP contribution in [0.4, 0.5) is 0 Å². The zero-order chi connectivity index (χ0) is 11.4. The lowest BCUT2D eigenvalue weighted by molar-refractivity contribution is 1.46. The molecule has 4 N–H and O–H groups in total. The molecule has 0 aliphatic heterocycles. The van der Waals surface area contributed by atoms with E-state index in [0.717, 1.165) is 0 Å². The molecule has 0 spiro atoms. The van der Waals surface area contributed by atoms with Gasteiger partial charge in [-0.3, -0.25) is 0 Å². The van der Waals surface area contributed by atoms with E-state index in [1.165, 1.54) is 0 Å². The summed E-state index contributed by atoms with van der Waals surface area (Å²) in [6, 6.07) is 8.63. The summed E-state index contributed by atoms with van der Waals surface area (Å²) in [5.41, 5.74) is 12.2. The third kappa shape index (κ3) is 2.69. The normalized spacial score (nSPS) is 11.5. The van der Waals surface area contributed by atoms with Crippen LogP contribution in [0.1, 0.15) is 5.56 Å². The molecular formula is C10H8ClN3S. The van der Waals surface area contributed by atoms with Gasteiger partial charge in [-0.05, 0) is 17.7 Å². The quantitative estimate of drug-likeness (QED) is 0.467. The van der Waals surface area contributed by atoms with Crippen molar-refractivity contribution in [1.29, 1.82) is 5.26 Å². The predicted octanol–water partition coefficient (Wildman–Crippen LogP) is 1.82. The molecule has 0 aromatic heterocycles. The highest BCUT2D eigenvalue weighted by molar-refractivity contribution is 7.80. The molecule has 0 atom stereocenters. The maximum atomic E-state index is 8.80. The lowest BCUT2D eigenvalue weighted by Crippen LogP contribution is -2.15. The smallest absolute Gasteiger partial charge is 0.116 e. The van der Waals surface area contributed by atoms with E-state index in [0.29, 0.717) is 10.6 Å². The Labute approximate surface area is 97.9 Å². The van der Waals surface area contributed by atoms with Crippen LogP contribution in [0.2, 0.25) is 5.02 Å². The van der Waals surface area contributed by atoms with Crippen molar-refractivity contribution in [2.45, 2.75) is 0 Å². The standard InChI is InChI=1S/C10H8ClN3S/c11-7-3-1-6(2-4-7)9(13)8(5-12)10(14)15/h1-4H,13H2,(H2,14,15)/b9-8+. The van der Waals surface area contributed by atoms with Crippen LogP contribution in [0, 0.1) is 11.3 Å². The van der Waals surface area contributed by atoms with Crippen molar-refractivity contribution in [1.82, 2.24) is 0 Å². The van der Waals surface area contributed by atoms with Gasteiger partial charge in [0, 0.05) is 5.02 Å². The minimum atomic E-state index is -0.00931. The van der Waals surface area contributed by atoms with Crippen LogP contribution in [-0.4, -0.2) is 4.99 Å². The number of halogens is 1. The summed E-state index contributed by atoms with van der Waals surface area (Å²) in [5.74, 6) is 0. The minimum absolute atomic E-state index is 0.00931. The van der Waals surface area contributed by atoms with Gasteiger partial charge in [0.05, 0.1) is 5.70 Å². The summed E-state index contributed by atoms with van der Waals surface area (Å²) in [4.78, 5) is -0.00931. The van der Waals surface area contributed by atoms with Crippen molar-refractivity contribution in [3.05, 3.63) is 40.4 Å². The van der Waals surface area contributed by atoms with E-state index < -0.39 is 0 Å². The second kappa shape index (κ2) is 4.78. The van der Waals surface area contributed by atoms with E-state index in [2.05, 4.69) is 0 Å². The van der Waals surface area contributed by atoms with Gasteiger partial charge in [0.1, 0.15) is 16.6 Å². The van der Waals surface area contributed by atoms with Crippen LogP contribution in [0.25, 0.3) is 5.70 Å². The van der Waals surface area contributed by atoms with Crippen molar-refractivity contribution < 1.29 is 0 Å². The molecule has 76 valence electrons. The van der Waals surface area contributed by atoms with Crippen LogP contribution in [0.3, 0.4) is 0 Å². The van der Waals surface area contributed by atoms with Gasteiger partial charge in [0.15, 0.2) is 0 Å². The van der Waals surface area contributed by atoms with Crippen molar-refractivity contribution in [2.75, 3.05) is 0 Å². The summed E-state index contributed by atoms with van der Waals surface area (Å²) in [5, 5.41) is 9.40. The Morgan fingerprint density at radius 2 is 1.80 bits per heavy atom. The van der Waals surface area contributed by atoms with Crippen LogP contribution in [0.15, 0.2) is 29.8 Å². The number of benzene rings is 1. The lowest BCUT2D eigenvalue weighted by Gasteiger charge is -2.04. The van der Waals surface area contributed by atoms with Crippen LogP contribution in [-0.2, 0) is 0 Å². The second-order valence-electron chi connectivity index (χ2n) is 2.77. The van der Waals surface area contributed by atoms with E-state index in [-0.39, 0.29) is 16.3 Å². The Hall–Kier alpha value is -1.57. The average molecular weight is 238 g/mol. The van der Waals surface area contributed by atoms with E-state index in [4.69, 9.17) is 40.5 Å². The molecule has 0 saturated heterocycles. The van der Waals surface area contributed by atoms with E-state index in [1.54, 1.807) is 24.3 Å². The monoisotopic (exact) mass is 237 g/mol. The SMILES string of the molecule is N#C/C(C(N)=S)=C(\N)c1ccc(Cl)cc1. The van der Waals surface area contributed by atoms with Crippen LogP contribution in [0.5, 0.6) is 0 Å². The number of rotatable bonds is 2. The Morgan fingerprint density at radius 3 is 2.20 bits per heavy atom. The van der Waals surface area contributed by atoms with E-state index >= 15 is 0 Å². The number of hydrogen-bond acceptors (Lipinski definition) is 3. The first kappa shape index (κ1) is 11.5. The maximum Gasteiger partial charge on any atom is 0.116 e. The van der Waals surface area contributed by atoms with Gasteiger partial charge in [-0.2, -0.15) is 5.26 Å². The third-order valence-electron chi connectivity index (χ3n) is 1.78. The molecule has 0 amide bonds. The molecule has 0 unspecified atom stereocenters. The summed E-state index contributed by atoms with van der Waals surface area (Å²) >= 11 is 10.4. The number of nitriles is 1. The zero-order valence-electron chi connectivity index (χ0n) is 7.70. The summed E-state index contributed by atoms with van der Waals surface area (Å²) in [6.07, 6.45) is 0. The van der Waals surface area contributed by atoms with Crippen molar-refractivity contribution in [3.63, 3.8) is 0 Å². The Bertz CT molecular complexity index is 457. The third-order valence-corrected chi connectivity index (χ3v) is 2.24. The zero-order valence-corrected chi connectivity index (χ0v) is 9.27. The molecule has 0 saturated carbocycles. The van der Waals surface area contributed by atoms with Gasteiger partial charge in [-0.1, -0.05) is 36.0 Å². The fraction of sp³-hybridized carbons (Fsp3) is 0. The number of nitrogens with two attached hydrogens (primary N) is 2.